The minimum absolute atomic E-state index is 0.107. The number of fused-ring (bicyclic) bond motifs is 1. The van der Waals surface area contributed by atoms with E-state index in [1.807, 2.05) is 55.9 Å². The second-order valence-corrected chi connectivity index (χ2v) is 9.47. The normalized spacial score (nSPS) is 14.3. The molecule has 1 fully saturated rings. The number of aromatic nitrogens is 4. The van der Waals surface area contributed by atoms with Gasteiger partial charge >= 0.3 is 0 Å². The second-order valence-electron chi connectivity index (χ2n) is 9.47. The lowest BCUT2D eigenvalue weighted by molar-refractivity contribution is -0.114. The Morgan fingerprint density at radius 2 is 1.94 bits per heavy atom. The maximum Gasteiger partial charge on any atom is 0.222 e. The van der Waals surface area contributed by atoms with Crippen molar-refractivity contribution in [1.29, 1.82) is 0 Å². The van der Waals surface area contributed by atoms with Crippen LogP contribution in [0.4, 0.5) is 5.82 Å². The largest absolute Gasteiger partial charge is 0.389 e. The van der Waals surface area contributed by atoms with Crippen molar-refractivity contribution >= 4 is 17.4 Å². The Morgan fingerprint density at radius 3 is 2.61 bits per heavy atom. The van der Waals surface area contributed by atoms with Gasteiger partial charge < -0.3 is 10.6 Å². The van der Waals surface area contributed by atoms with Crippen LogP contribution in [-0.2, 0) is 11.2 Å². The Kier molecular flexibility index (Phi) is 6.80. The van der Waals surface area contributed by atoms with Crippen LogP contribution in [0.5, 0.6) is 0 Å². The van der Waals surface area contributed by atoms with Gasteiger partial charge in [-0.3, -0.25) is 9.78 Å². The molecule has 1 saturated carbocycles. The monoisotopic (exact) mass is 480 g/mol. The van der Waals surface area contributed by atoms with E-state index >= 15 is 0 Å². The summed E-state index contributed by atoms with van der Waals surface area (Å²) in [6.07, 6.45) is 11.6. The average Bonchev–Trinajstić information content (AvgIpc) is 3.64. The molecule has 36 heavy (non-hydrogen) atoms. The third-order valence-corrected chi connectivity index (χ3v) is 6.55. The molecule has 4 aromatic rings. The minimum Gasteiger partial charge on any atom is -0.389 e. The highest BCUT2D eigenvalue weighted by Crippen LogP contribution is 2.45. The Balaban J connectivity index is 1.56. The number of hydrogen-bond donors (Lipinski definition) is 2. The molecule has 0 bridgehead atoms. The SMILES string of the molecule is C/C=C\N[C@H](C)CCc1nc2c(-c3ccc(-c4ccccc4)nc3)cnn2c(NC(C)=O)c1C1CC1. The van der Waals surface area contributed by atoms with E-state index in [9.17, 15) is 4.79 Å². The molecule has 0 spiro atoms. The summed E-state index contributed by atoms with van der Waals surface area (Å²) in [5.41, 5.74) is 6.74. The molecule has 1 aliphatic carbocycles. The van der Waals surface area contributed by atoms with Crippen molar-refractivity contribution in [3.05, 3.63) is 78.4 Å². The van der Waals surface area contributed by atoms with Crippen LogP contribution in [0.1, 0.15) is 57.2 Å². The standard InChI is InChI=1S/C29H32N6O/c1-4-16-30-19(2)10-14-26-27(22-11-12-22)29(33-20(3)36)35-28(34-26)24(18-32-35)23-13-15-25(31-17-23)21-8-6-5-7-9-21/h4-9,13,15-19,22,30H,10-12,14H2,1-3H3,(H,33,36)/b16-4-/t19-/m1/s1. The Morgan fingerprint density at radius 1 is 1.14 bits per heavy atom. The van der Waals surface area contributed by atoms with E-state index in [0.29, 0.717) is 12.0 Å². The highest BCUT2D eigenvalue weighted by atomic mass is 16.1. The number of pyridine rings is 1. The Labute approximate surface area is 211 Å². The molecule has 0 saturated heterocycles. The van der Waals surface area contributed by atoms with Gasteiger partial charge in [-0.05, 0) is 57.7 Å². The van der Waals surface area contributed by atoms with Crippen molar-refractivity contribution in [2.75, 3.05) is 5.32 Å². The molecule has 184 valence electrons. The van der Waals surface area contributed by atoms with Crippen LogP contribution in [0.3, 0.4) is 0 Å². The van der Waals surface area contributed by atoms with Crippen LogP contribution in [-0.4, -0.2) is 31.5 Å². The third-order valence-electron chi connectivity index (χ3n) is 6.55. The quantitative estimate of drug-likeness (QED) is 0.319. The molecule has 1 atom stereocenters. The molecule has 7 heteroatoms. The van der Waals surface area contributed by atoms with Gasteiger partial charge in [0.05, 0.1) is 17.6 Å². The average molecular weight is 481 g/mol. The molecule has 2 N–H and O–H groups in total. The molecule has 7 nitrogen and oxygen atoms in total. The number of rotatable bonds is 9. The summed E-state index contributed by atoms with van der Waals surface area (Å²) >= 11 is 0. The van der Waals surface area contributed by atoms with Crippen molar-refractivity contribution in [2.24, 2.45) is 0 Å². The number of nitrogens with zero attached hydrogens (tertiary/aromatic N) is 4. The van der Waals surface area contributed by atoms with E-state index in [1.165, 1.54) is 0 Å². The van der Waals surface area contributed by atoms with Crippen LogP contribution in [0.15, 0.2) is 67.1 Å². The van der Waals surface area contributed by atoms with Crippen LogP contribution in [0.2, 0.25) is 0 Å². The Hall–Kier alpha value is -4.00. The van der Waals surface area contributed by atoms with E-state index < -0.39 is 0 Å². The van der Waals surface area contributed by atoms with Gasteiger partial charge in [0, 0.05) is 41.4 Å². The van der Waals surface area contributed by atoms with Gasteiger partial charge in [0.25, 0.3) is 0 Å². The summed E-state index contributed by atoms with van der Waals surface area (Å²) in [6, 6.07) is 14.5. The highest BCUT2D eigenvalue weighted by molar-refractivity contribution is 5.90. The highest BCUT2D eigenvalue weighted by Gasteiger charge is 2.32. The first-order chi connectivity index (χ1) is 17.5. The number of benzene rings is 1. The van der Waals surface area contributed by atoms with Gasteiger partial charge in [0.15, 0.2) is 5.65 Å². The fraction of sp³-hybridized carbons (Fsp3) is 0.310. The fourth-order valence-electron chi connectivity index (χ4n) is 4.56. The number of carbonyl (C=O) groups is 1. The zero-order chi connectivity index (χ0) is 25.1. The number of anilines is 1. The zero-order valence-corrected chi connectivity index (χ0v) is 21.0. The second kappa shape index (κ2) is 10.3. The van der Waals surface area contributed by atoms with E-state index in [4.69, 9.17) is 9.97 Å². The van der Waals surface area contributed by atoms with Crippen molar-refractivity contribution < 1.29 is 4.79 Å². The van der Waals surface area contributed by atoms with Gasteiger partial charge in [-0.2, -0.15) is 9.61 Å². The van der Waals surface area contributed by atoms with Crippen LogP contribution < -0.4 is 10.6 Å². The van der Waals surface area contributed by atoms with Crippen molar-refractivity contribution in [2.45, 2.75) is 58.4 Å². The summed E-state index contributed by atoms with van der Waals surface area (Å²) in [7, 11) is 0. The molecule has 1 aromatic carbocycles. The van der Waals surface area contributed by atoms with Crippen LogP contribution in [0, 0.1) is 0 Å². The lowest BCUT2D eigenvalue weighted by atomic mass is 10.0. The predicted octanol–water partition coefficient (Wildman–Crippen LogP) is 5.74. The third kappa shape index (κ3) is 5.00. The minimum atomic E-state index is -0.107. The first kappa shape index (κ1) is 23.7. The molecule has 1 amide bonds. The number of hydrogen-bond acceptors (Lipinski definition) is 5. The smallest absolute Gasteiger partial charge is 0.222 e. The number of aryl methyl sites for hydroxylation is 1. The van der Waals surface area contributed by atoms with Crippen molar-refractivity contribution in [1.82, 2.24) is 24.9 Å². The van der Waals surface area contributed by atoms with Gasteiger partial charge in [0.1, 0.15) is 5.82 Å². The number of nitrogens with one attached hydrogen (secondary N) is 2. The first-order valence-corrected chi connectivity index (χ1v) is 12.6. The first-order valence-electron chi connectivity index (χ1n) is 12.6. The summed E-state index contributed by atoms with van der Waals surface area (Å²) in [6.45, 7) is 5.72. The molecule has 5 rings (SSSR count). The van der Waals surface area contributed by atoms with E-state index in [-0.39, 0.29) is 5.91 Å². The molecule has 3 aromatic heterocycles. The van der Waals surface area contributed by atoms with Gasteiger partial charge in [0.2, 0.25) is 5.91 Å². The predicted molar refractivity (Wildman–Crippen MR) is 144 cm³/mol. The molecule has 3 heterocycles. The number of allylic oxidation sites excluding steroid dienone is 1. The zero-order valence-electron chi connectivity index (χ0n) is 21.0. The van der Waals surface area contributed by atoms with Crippen molar-refractivity contribution in [3.8, 4) is 22.4 Å². The van der Waals surface area contributed by atoms with E-state index in [1.54, 1.807) is 11.4 Å². The number of amides is 1. The van der Waals surface area contributed by atoms with Gasteiger partial charge in [-0.25, -0.2) is 4.98 Å². The lowest BCUT2D eigenvalue weighted by Gasteiger charge is -2.18. The summed E-state index contributed by atoms with van der Waals surface area (Å²) in [5.74, 6) is 1.06. The molecular weight excluding hydrogens is 448 g/mol. The van der Waals surface area contributed by atoms with Gasteiger partial charge in [-0.15, -0.1) is 0 Å². The number of carbonyl (C=O) groups excluding carboxylic acids is 1. The summed E-state index contributed by atoms with van der Waals surface area (Å²) in [4.78, 5) is 22.0. The topological polar surface area (TPSA) is 84.2 Å². The maximum absolute atomic E-state index is 12.2. The molecular formula is C29H32N6O. The molecule has 1 aliphatic rings. The van der Waals surface area contributed by atoms with E-state index in [0.717, 1.165) is 70.8 Å². The molecule has 0 unspecified atom stereocenters. The van der Waals surface area contributed by atoms with Crippen LogP contribution in [0.25, 0.3) is 28.0 Å². The van der Waals surface area contributed by atoms with E-state index in [2.05, 4.69) is 40.9 Å². The maximum atomic E-state index is 12.2. The Bertz CT molecular complexity index is 1390. The van der Waals surface area contributed by atoms with Crippen LogP contribution >= 0.6 is 0 Å². The van der Waals surface area contributed by atoms with Crippen molar-refractivity contribution in [3.63, 3.8) is 0 Å². The lowest BCUT2D eigenvalue weighted by Crippen LogP contribution is -2.22. The fourth-order valence-corrected chi connectivity index (χ4v) is 4.56. The molecule has 0 aliphatic heterocycles. The molecule has 0 radical (unpaired) electrons. The summed E-state index contributed by atoms with van der Waals surface area (Å²) in [5, 5.41) is 11.1. The van der Waals surface area contributed by atoms with Gasteiger partial charge in [-0.1, -0.05) is 42.5 Å². The summed E-state index contributed by atoms with van der Waals surface area (Å²) < 4.78 is 1.79.